The first-order valence-corrected chi connectivity index (χ1v) is 7.40. The second kappa shape index (κ2) is 6.16. The predicted octanol–water partition coefficient (Wildman–Crippen LogP) is 2.20. The smallest absolute Gasteiger partial charge is 0.412 e. The molecule has 1 amide bonds. The van der Waals surface area contributed by atoms with Crippen LogP contribution in [0.5, 0.6) is 0 Å². The van der Waals surface area contributed by atoms with E-state index in [2.05, 4.69) is 15.0 Å². The highest BCUT2D eigenvalue weighted by molar-refractivity contribution is 5.84. The summed E-state index contributed by atoms with van der Waals surface area (Å²) in [7, 11) is 1.32. The van der Waals surface area contributed by atoms with Crippen molar-refractivity contribution in [3.8, 4) is 0 Å². The maximum atomic E-state index is 11.8. The second-order valence-corrected chi connectivity index (χ2v) is 6.72. The van der Waals surface area contributed by atoms with Gasteiger partial charge in [0.05, 0.1) is 18.7 Å². The molecule has 7 heteroatoms. The Labute approximate surface area is 135 Å². The minimum atomic E-state index is -1.18. The summed E-state index contributed by atoms with van der Waals surface area (Å²) in [5, 5.41) is 13.1. The van der Waals surface area contributed by atoms with E-state index in [0.29, 0.717) is 11.4 Å². The third-order valence-electron chi connectivity index (χ3n) is 3.58. The van der Waals surface area contributed by atoms with Crippen LogP contribution in [0, 0.1) is 5.92 Å². The summed E-state index contributed by atoms with van der Waals surface area (Å²) in [6.45, 7) is 5.32. The number of pyridine rings is 1. The van der Waals surface area contributed by atoms with Crippen molar-refractivity contribution in [1.29, 1.82) is 0 Å². The van der Waals surface area contributed by atoms with Crippen LogP contribution >= 0.6 is 0 Å². The van der Waals surface area contributed by atoms with Gasteiger partial charge in [-0.3, -0.25) is 15.1 Å². The number of nitrogens with one attached hydrogen (secondary N) is 1. The number of rotatable bonds is 3. The van der Waals surface area contributed by atoms with Crippen molar-refractivity contribution >= 4 is 17.7 Å². The molecule has 2 rings (SSSR count). The highest BCUT2D eigenvalue weighted by Gasteiger charge is 2.49. The molecule has 1 aromatic rings. The van der Waals surface area contributed by atoms with Crippen LogP contribution in [0.1, 0.15) is 39.3 Å². The molecule has 23 heavy (non-hydrogen) atoms. The van der Waals surface area contributed by atoms with Crippen molar-refractivity contribution < 1.29 is 24.2 Å². The molecular weight excluding hydrogens is 300 g/mol. The van der Waals surface area contributed by atoms with Gasteiger partial charge < -0.3 is 14.6 Å². The van der Waals surface area contributed by atoms with Crippen LogP contribution in [0.15, 0.2) is 18.3 Å². The lowest BCUT2D eigenvalue weighted by molar-refractivity contribution is -0.163. The quantitative estimate of drug-likeness (QED) is 0.828. The molecule has 1 aliphatic rings. The van der Waals surface area contributed by atoms with Gasteiger partial charge in [0.2, 0.25) is 0 Å². The fourth-order valence-corrected chi connectivity index (χ4v) is 2.48. The molecule has 1 aromatic heterocycles. The molecule has 0 aliphatic heterocycles. The minimum absolute atomic E-state index is 0.253. The van der Waals surface area contributed by atoms with Crippen LogP contribution in [0.4, 0.5) is 10.5 Å². The summed E-state index contributed by atoms with van der Waals surface area (Å²) >= 11 is 0. The number of anilines is 1. The summed E-state index contributed by atoms with van der Waals surface area (Å²) < 4.78 is 9.84. The lowest BCUT2D eigenvalue weighted by atomic mass is 9.69. The Balaban J connectivity index is 2.03. The van der Waals surface area contributed by atoms with Crippen LogP contribution in [0.2, 0.25) is 0 Å². The Morgan fingerprint density at radius 1 is 1.39 bits per heavy atom. The third-order valence-corrected chi connectivity index (χ3v) is 3.58. The Hall–Kier alpha value is -2.15. The Morgan fingerprint density at radius 3 is 2.61 bits per heavy atom. The van der Waals surface area contributed by atoms with Gasteiger partial charge in [-0.05, 0) is 45.7 Å². The molecule has 7 nitrogen and oxygen atoms in total. The Kier molecular flexibility index (Phi) is 4.61. The van der Waals surface area contributed by atoms with Crippen molar-refractivity contribution in [2.45, 2.75) is 44.8 Å². The number of carbonyl (C=O) groups is 2. The SMILES string of the molecule is COC(=O)C1CC(O)(c2cc(NC(=O)OC(C)(C)C)ccn2)C1. The van der Waals surface area contributed by atoms with E-state index in [1.54, 1.807) is 32.9 Å². The van der Waals surface area contributed by atoms with Gasteiger partial charge in [0.25, 0.3) is 0 Å². The van der Waals surface area contributed by atoms with E-state index in [1.807, 2.05) is 0 Å². The second-order valence-electron chi connectivity index (χ2n) is 6.72. The Morgan fingerprint density at radius 2 is 2.04 bits per heavy atom. The maximum absolute atomic E-state index is 11.8. The largest absolute Gasteiger partial charge is 0.469 e. The normalized spacial score (nSPS) is 23.6. The topological polar surface area (TPSA) is 97.8 Å². The molecule has 1 fully saturated rings. The molecule has 0 bridgehead atoms. The fourth-order valence-electron chi connectivity index (χ4n) is 2.48. The van der Waals surface area contributed by atoms with Crippen molar-refractivity contribution in [2.24, 2.45) is 5.92 Å². The number of hydrogen-bond acceptors (Lipinski definition) is 6. The monoisotopic (exact) mass is 322 g/mol. The lowest BCUT2D eigenvalue weighted by Gasteiger charge is -2.41. The van der Waals surface area contributed by atoms with Gasteiger partial charge in [0.15, 0.2) is 0 Å². The number of nitrogens with zero attached hydrogens (tertiary/aromatic N) is 1. The number of aromatic nitrogens is 1. The summed E-state index contributed by atoms with van der Waals surface area (Å²) in [6.07, 6.45) is 1.42. The fraction of sp³-hybridized carbons (Fsp3) is 0.562. The van der Waals surface area contributed by atoms with Gasteiger partial charge >= 0.3 is 12.1 Å². The number of carbonyl (C=O) groups excluding carboxylic acids is 2. The van der Waals surface area contributed by atoms with Gasteiger partial charge in [0, 0.05) is 11.9 Å². The molecule has 0 spiro atoms. The van der Waals surface area contributed by atoms with Gasteiger partial charge in [-0.2, -0.15) is 0 Å². The maximum Gasteiger partial charge on any atom is 0.412 e. The van der Waals surface area contributed by atoms with E-state index in [4.69, 9.17) is 4.74 Å². The summed E-state index contributed by atoms with van der Waals surface area (Å²) in [5.74, 6) is -0.660. The van der Waals surface area contributed by atoms with E-state index in [9.17, 15) is 14.7 Å². The first-order valence-electron chi connectivity index (χ1n) is 7.40. The van der Waals surface area contributed by atoms with Crippen LogP contribution in [-0.4, -0.2) is 34.9 Å². The molecule has 0 radical (unpaired) electrons. The summed E-state index contributed by atoms with van der Waals surface area (Å²) in [4.78, 5) is 27.3. The average molecular weight is 322 g/mol. The van der Waals surface area contributed by atoms with E-state index < -0.39 is 17.3 Å². The molecule has 1 saturated carbocycles. The first kappa shape index (κ1) is 17.2. The van der Waals surface area contributed by atoms with E-state index in [1.165, 1.54) is 13.3 Å². The molecule has 0 saturated heterocycles. The van der Waals surface area contributed by atoms with Crippen LogP contribution in [-0.2, 0) is 19.9 Å². The van der Waals surface area contributed by atoms with E-state index in [0.717, 1.165) is 0 Å². The van der Waals surface area contributed by atoms with Crippen molar-refractivity contribution in [3.63, 3.8) is 0 Å². The molecule has 2 N–H and O–H groups in total. The Bertz CT molecular complexity index is 603. The van der Waals surface area contributed by atoms with Crippen LogP contribution < -0.4 is 5.32 Å². The average Bonchev–Trinajstić information content (AvgIpc) is 2.41. The van der Waals surface area contributed by atoms with E-state index in [-0.39, 0.29) is 24.7 Å². The minimum Gasteiger partial charge on any atom is -0.469 e. The summed E-state index contributed by atoms with van der Waals surface area (Å²) in [5.41, 5.74) is -0.893. The number of methoxy groups -OCH3 is 1. The molecule has 126 valence electrons. The molecule has 0 atom stereocenters. The first-order chi connectivity index (χ1) is 10.6. The number of hydrogen-bond donors (Lipinski definition) is 2. The number of aliphatic hydroxyl groups is 1. The van der Waals surface area contributed by atoms with Gasteiger partial charge in [-0.15, -0.1) is 0 Å². The molecule has 0 unspecified atom stereocenters. The van der Waals surface area contributed by atoms with Gasteiger partial charge in [-0.25, -0.2) is 4.79 Å². The predicted molar refractivity (Wildman–Crippen MR) is 82.7 cm³/mol. The highest BCUT2D eigenvalue weighted by atomic mass is 16.6. The van der Waals surface area contributed by atoms with E-state index >= 15 is 0 Å². The molecular formula is C16H22N2O5. The van der Waals surface area contributed by atoms with Crippen molar-refractivity contribution in [1.82, 2.24) is 4.98 Å². The van der Waals surface area contributed by atoms with Crippen LogP contribution in [0.25, 0.3) is 0 Å². The van der Waals surface area contributed by atoms with Gasteiger partial charge in [0.1, 0.15) is 11.2 Å². The lowest BCUT2D eigenvalue weighted by Crippen LogP contribution is -2.45. The molecule has 1 aliphatic carbocycles. The molecule has 0 aromatic carbocycles. The molecule has 1 heterocycles. The number of esters is 1. The number of amides is 1. The summed E-state index contributed by atoms with van der Waals surface area (Å²) in [6, 6.07) is 3.19. The zero-order chi connectivity index (χ0) is 17.3. The van der Waals surface area contributed by atoms with Gasteiger partial charge in [-0.1, -0.05) is 0 Å². The zero-order valence-electron chi connectivity index (χ0n) is 13.8. The third kappa shape index (κ3) is 4.19. The van der Waals surface area contributed by atoms with Crippen molar-refractivity contribution in [3.05, 3.63) is 24.0 Å². The van der Waals surface area contributed by atoms with Crippen molar-refractivity contribution in [2.75, 3.05) is 12.4 Å². The standard InChI is InChI=1S/C16H22N2O5/c1-15(2,3)23-14(20)18-11-5-6-17-12(7-11)16(21)8-10(9-16)13(19)22-4/h5-7,10,21H,8-9H2,1-4H3,(H,17,18,20). The van der Waals surface area contributed by atoms with Crippen LogP contribution in [0.3, 0.4) is 0 Å². The zero-order valence-corrected chi connectivity index (χ0v) is 13.8. The number of ether oxygens (including phenoxy) is 2. The highest BCUT2D eigenvalue weighted by Crippen LogP contribution is 2.45.